The lowest BCUT2D eigenvalue weighted by Gasteiger charge is -2.35. The Bertz CT molecular complexity index is 364. The van der Waals surface area contributed by atoms with Crippen LogP contribution in [0.5, 0.6) is 0 Å². The van der Waals surface area contributed by atoms with E-state index in [1.54, 1.807) is 0 Å². The first-order valence-corrected chi connectivity index (χ1v) is 8.27. The van der Waals surface area contributed by atoms with Crippen molar-refractivity contribution < 1.29 is 19.0 Å². The number of esters is 1. The second-order valence-corrected chi connectivity index (χ2v) is 7.51. The van der Waals surface area contributed by atoms with Crippen molar-refractivity contribution in [2.45, 2.75) is 65.8 Å². The predicted octanol–water partition coefficient (Wildman–Crippen LogP) is 3.39. The van der Waals surface area contributed by atoms with Gasteiger partial charge in [0.2, 0.25) is 0 Å². The zero-order chi connectivity index (χ0) is 15.6. The van der Waals surface area contributed by atoms with E-state index in [0.29, 0.717) is 31.0 Å². The van der Waals surface area contributed by atoms with E-state index in [2.05, 4.69) is 20.8 Å². The summed E-state index contributed by atoms with van der Waals surface area (Å²) in [6.07, 6.45) is 3.17. The molecule has 4 heteroatoms. The molecule has 0 aromatic rings. The summed E-state index contributed by atoms with van der Waals surface area (Å²) >= 11 is 0. The fraction of sp³-hybridized carbons (Fsp3) is 0.941. The summed E-state index contributed by atoms with van der Waals surface area (Å²) in [7, 11) is 0. The van der Waals surface area contributed by atoms with Gasteiger partial charge in [0.1, 0.15) is 12.7 Å². The molecule has 0 aromatic carbocycles. The average molecular weight is 298 g/mol. The molecule has 4 unspecified atom stereocenters. The molecule has 0 aromatic heterocycles. The van der Waals surface area contributed by atoms with Gasteiger partial charge in [0.25, 0.3) is 0 Å². The third kappa shape index (κ3) is 4.43. The highest BCUT2D eigenvalue weighted by Gasteiger charge is 2.38. The SMILES string of the molecule is CC1CCC(C(C)C)C(C(=O)OCC2COC(C)(C)O2)C1. The first-order valence-electron chi connectivity index (χ1n) is 8.27. The molecule has 1 heterocycles. The Labute approximate surface area is 128 Å². The molecule has 0 radical (unpaired) electrons. The summed E-state index contributed by atoms with van der Waals surface area (Å²) in [4.78, 5) is 12.5. The molecule has 0 spiro atoms. The molecule has 0 bridgehead atoms. The van der Waals surface area contributed by atoms with Gasteiger partial charge in [-0.1, -0.05) is 27.2 Å². The summed E-state index contributed by atoms with van der Waals surface area (Å²) < 4.78 is 16.7. The van der Waals surface area contributed by atoms with Crippen molar-refractivity contribution in [1.29, 1.82) is 0 Å². The third-order valence-corrected chi connectivity index (χ3v) is 4.80. The summed E-state index contributed by atoms with van der Waals surface area (Å²) in [5.74, 6) is 1.03. The van der Waals surface area contributed by atoms with Crippen molar-refractivity contribution in [3.63, 3.8) is 0 Å². The molecule has 4 nitrogen and oxygen atoms in total. The summed E-state index contributed by atoms with van der Waals surface area (Å²) in [5.41, 5.74) is 0. The molecule has 2 rings (SSSR count). The van der Waals surface area contributed by atoms with Crippen LogP contribution in [0.25, 0.3) is 0 Å². The van der Waals surface area contributed by atoms with Crippen molar-refractivity contribution in [3.8, 4) is 0 Å². The lowest BCUT2D eigenvalue weighted by atomic mass is 9.70. The maximum absolute atomic E-state index is 12.5. The smallest absolute Gasteiger partial charge is 0.309 e. The number of hydrogen-bond donors (Lipinski definition) is 0. The number of hydrogen-bond acceptors (Lipinski definition) is 4. The minimum absolute atomic E-state index is 0.0454. The topological polar surface area (TPSA) is 44.8 Å². The predicted molar refractivity (Wildman–Crippen MR) is 80.7 cm³/mol. The van der Waals surface area contributed by atoms with Crippen molar-refractivity contribution in [2.24, 2.45) is 23.7 Å². The molecule has 1 aliphatic heterocycles. The van der Waals surface area contributed by atoms with Crippen molar-refractivity contribution in [2.75, 3.05) is 13.2 Å². The highest BCUT2D eigenvalue weighted by molar-refractivity contribution is 5.73. The van der Waals surface area contributed by atoms with Crippen LogP contribution in [0.15, 0.2) is 0 Å². The minimum Gasteiger partial charge on any atom is -0.463 e. The van der Waals surface area contributed by atoms with Crippen LogP contribution in [-0.4, -0.2) is 31.1 Å². The van der Waals surface area contributed by atoms with Crippen LogP contribution in [0.3, 0.4) is 0 Å². The van der Waals surface area contributed by atoms with Crippen LogP contribution in [-0.2, 0) is 19.0 Å². The molecule has 0 amide bonds. The van der Waals surface area contributed by atoms with Gasteiger partial charge in [-0.25, -0.2) is 0 Å². The lowest BCUT2D eigenvalue weighted by Crippen LogP contribution is -2.36. The maximum Gasteiger partial charge on any atom is 0.309 e. The second kappa shape index (κ2) is 6.66. The molecule has 21 heavy (non-hydrogen) atoms. The van der Waals surface area contributed by atoms with Crippen LogP contribution in [0.4, 0.5) is 0 Å². The zero-order valence-corrected chi connectivity index (χ0v) is 14.1. The Hall–Kier alpha value is -0.610. The van der Waals surface area contributed by atoms with Crippen LogP contribution in [0, 0.1) is 23.7 Å². The zero-order valence-electron chi connectivity index (χ0n) is 14.1. The van der Waals surface area contributed by atoms with E-state index in [4.69, 9.17) is 14.2 Å². The van der Waals surface area contributed by atoms with Gasteiger partial charge in [-0.05, 0) is 44.4 Å². The fourth-order valence-electron chi connectivity index (χ4n) is 3.60. The van der Waals surface area contributed by atoms with Crippen LogP contribution >= 0.6 is 0 Å². The fourth-order valence-corrected chi connectivity index (χ4v) is 3.60. The summed E-state index contributed by atoms with van der Waals surface area (Å²) in [5, 5.41) is 0. The average Bonchev–Trinajstić information content (AvgIpc) is 2.75. The normalized spacial score (nSPS) is 35.9. The van der Waals surface area contributed by atoms with E-state index in [1.807, 2.05) is 13.8 Å². The molecule has 1 saturated carbocycles. The van der Waals surface area contributed by atoms with Crippen molar-refractivity contribution in [1.82, 2.24) is 0 Å². The van der Waals surface area contributed by atoms with E-state index >= 15 is 0 Å². The van der Waals surface area contributed by atoms with Gasteiger partial charge in [0, 0.05) is 0 Å². The molecule has 0 N–H and O–H groups in total. The van der Waals surface area contributed by atoms with Crippen molar-refractivity contribution >= 4 is 5.97 Å². The van der Waals surface area contributed by atoms with Gasteiger partial charge in [-0.3, -0.25) is 4.79 Å². The Morgan fingerprint density at radius 1 is 1.33 bits per heavy atom. The van der Waals surface area contributed by atoms with Crippen LogP contribution in [0.2, 0.25) is 0 Å². The van der Waals surface area contributed by atoms with Crippen molar-refractivity contribution in [3.05, 3.63) is 0 Å². The molecule has 4 atom stereocenters. The van der Waals surface area contributed by atoms with E-state index in [1.165, 1.54) is 6.42 Å². The molecular formula is C17H30O4. The Kier molecular flexibility index (Phi) is 5.31. The van der Waals surface area contributed by atoms with Gasteiger partial charge in [-0.15, -0.1) is 0 Å². The first kappa shape index (κ1) is 16.8. The Morgan fingerprint density at radius 2 is 2.05 bits per heavy atom. The second-order valence-electron chi connectivity index (χ2n) is 7.51. The van der Waals surface area contributed by atoms with Gasteiger partial charge < -0.3 is 14.2 Å². The highest BCUT2D eigenvalue weighted by Crippen LogP contribution is 2.38. The number of carbonyl (C=O) groups is 1. The first-order chi connectivity index (χ1) is 9.78. The molecule has 2 fully saturated rings. The number of carbonyl (C=O) groups excluding carboxylic acids is 1. The Balaban J connectivity index is 1.86. The summed E-state index contributed by atoms with van der Waals surface area (Å²) in [6.45, 7) is 11.2. The highest BCUT2D eigenvalue weighted by atomic mass is 16.7. The largest absolute Gasteiger partial charge is 0.463 e. The summed E-state index contributed by atoms with van der Waals surface area (Å²) in [6, 6.07) is 0. The van der Waals surface area contributed by atoms with Gasteiger partial charge in [0.05, 0.1) is 12.5 Å². The minimum atomic E-state index is -0.559. The van der Waals surface area contributed by atoms with Crippen LogP contribution in [0.1, 0.15) is 53.9 Å². The third-order valence-electron chi connectivity index (χ3n) is 4.80. The molecular weight excluding hydrogens is 268 g/mol. The quantitative estimate of drug-likeness (QED) is 0.746. The lowest BCUT2D eigenvalue weighted by molar-refractivity contribution is -0.164. The van der Waals surface area contributed by atoms with E-state index in [-0.39, 0.29) is 18.0 Å². The monoisotopic (exact) mass is 298 g/mol. The van der Waals surface area contributed by atoms with E-state index in [0.717, 1.165) is 12.8 Å². The number of rotatable bonds is 4. The van der Waals surface area contributed by atoms with Gasteiger partial charge in [-0.2, -0.15) is 0 Å². The van der Waals surface area contributed by atoms with Crippen LogP contribution < -0.4 is 0 Å². The molecule has 2 aliphatic rings. The van der Waals surface area contributed by atoms with Gasteiger partial charge in [0.15, 0.2) is 5.79 Å². The Morgan fingerprint density at radius 3 is 2.62 bits per heavy atom. The molecule has 1 saturated heterocycles. The maximum atomic E-state index is 12.5. The number of ether oxygens (including phenoxy) is 3. The standard InChI is InChI=1S/C17H30O4/c1-11(2)14-7-6-12(3)8-15(14)16(18)19-9-13-10-20-17(4,5)21-13/h11-15H,6-10H2,1-5H3. The van der Waals surface area contributed by atoms with E-state index in [9.17, 15) is 4.79 Å². The molecule has 1 aliphatic carbocycles. The van der Waals surface area contributed by atoms with Gasteiger partial charge >= 0.3 is 5.97 Å². The van der Waals surface area contributed by atoms with E-state index < -0.39 is 5.79 Å². The molecule has 122 valence electrons.